The fourth-order valence-corrected chi connectivity index (χ4v) is 3.73. The summed E-state index contributed by atoms with van der Waals surface area (Å²) in [5.74, 6) is 0.692. The molecule has 1 aromatic heterocycles. The van der Waals surface area contributed by atoms with E-state index in [1.807, 2.05) is 45.9 Å². The Morgan fingerprint density at radius 2 is 1.67 bits per heavy atom. The van der Waals surface area contributed by atoms with Gasteiger partial charge in [0.2, 0.25) is 0 Å². The van der Waals surface area contributed by atoms with Crippen LogP contribution in [0.3, 0.4) is 0 Å². The Labute approximate surface area is 160 Å². The van der Waals surface area contributed by atoms with Crippen LogP contribution in [0.5, 0.6) is 5.75 Å². The van der Waals surface area contributed by atoms with E-state index < -0.39 is 18.3 Å². The Kier molecular flexibility index (Phi) is 4.27. The Morgan fingerprint density at radius 3 is 2.26 bits per heavy atom. The van der Waals surface area contributed by atoms with Gasteiger partial charge in [-0.15, -0.1) is 0 Å². The minimum Gasteiger partial charge on any atom is -0.494 e. The van der Waals surface area contributed by atoms with E-state index in [0.717, 1.165) is 36.8 Å². The molecule has 2 aromatic rings. The van der Waals surface area contributed by atoms with Crippen LogP contribution in [-0.4, -0.2) is 43.2 Å². The number of aromatic nitrogens is 1. The highest BCUT2D eigenvalue weighted by atomic mass is 16.7. The monoisotopic (exact) mass is 370 g/mol. The average molecular weight is 370 g/mol. The van der Waals surface area contributed by atoms with E-state index in [2.05, 4.69) is 5.01 Å². The summed E-state index contributed by atoms with van der Waals surface area (Å²) in [6.45, 7) is 9.86. The summed E-state index contributed by atoms with van der Waals surface area (Å²) in [5.41, 5.74) is -0.0291. The third kappa shape index (κ3) is 2.93. The van der Waals surface area contributed by atoms with Gasteiger partial charge in [0.25, 0.3) is 5.56 Å². The number of pyridine rings is 1. The molecular weight excluding hydrogens is 343 g/mol. The van der Waals surface area contributed by atoms with Gasteiger partial charge in [-0.05, 0) is 52.1 Å². The van der Waals surface area contributed by atoms with Crippen LogP contribution in [-0.2, 0) is 9.31 Å². The summed E-state index contributed by atoms with van der Waals surface area (Å²) >= 11 is 0. The van der Waals surface area contributed by atoms with E-state index in [0.29, 0.717) is 11.1 Å². The molecule has 0 radical (unpaired) electrons. The lowest BCUT2D eigenvalue weighted by Crippen LogP contribution is -2.41. The SMILES string of the molecule is COc1cn(N2CCCC2)c(=O)c2cc(B3OC(C)(C)C(C)(C)O3)ccc12. The van der Waals surface area contributed by atoms with Crippen LogP contribution in [0.25, 0.3) is 10.8 Å². The summed E-state index contributed by atoms with van der Waals surface area (Å²) in [6, 6.07) is 5.76. The Hall–Kier alpha value is -1.99. The van der Waals surface area contributed by atoms with E-state index >= 15 is 0 Å². The van der Waals surface area contributed by atoms with Gasteiger partial charge in [-0.25, -0.2) is 4.68 Å². The highest BCUT2D eigenvalue weighted by Crippen LogP contribution is 2.36. The molecule has 6 nitrogen and oxygen atoms in total. The molecule has 27 heavy (non-hydrogen) atoms. The predicted molar refractivity (Wildman–Crippen MR) is 108 cm³/mol. The number of nitrogens with zero attached hydrogens (tertiary/aromatic N) is 2. The van der Waals surface area contributed by atoms with Crippen molar-refractivity contribution < 1.29 is 14.0 Å². The number of methoxy groups -OCH3 is 1. The van der Waals surface area contributed by atoms with E-state index in [9.17, 15) is 4.79 Å². The van der Waals surface area contributed by atoms with Crippen molar-refractivity contribution >= 4 is 23.4 Å². The molecule has 3 heterocycles. The molecule has 7 heteroatoms. The van der Waals surface area contributed by atoms with Gasteiger partial charge in [-0.3, -0.25) is 4.79 Å². The first-order valence-corrected chi connectivity index (χ1v) is 9.58. The average Bonchev–Trinajstić information content (AvgIpc) is 3.22. The minimum atomic E-state index is -0.495. The number of fused-ring (bicyclic) bond motifs is 1. The Balaban J connectivity index is 1.82. The molecule has 2 aliphatic rings. The fourth-order valence-electron chi connectivity index (χ4n) is 3.73. The Morgan fingerprint density at radius 1 is 1.04 bits per heavy atom. The first-order chi connectivity index (χ1) is 12.7. The number of hydrogen-bond acceptors (Lipinski definition) is 5. The molecule has 2 saturated heterocycles. The zero-order valence-electron chi connectivity index (χ0n) is 16.7. The summed E-state index contributed by atoms with van der Waals surface area (Å²) in [5, 5.41) is 3.50. The molecule has 1 aromatic carbocycles. The quantitative estimate of drug-likeness (QED) is 0.774. The lowest BCUT2D eigenvalue weighted by molar-refractivity contribution is 0.00578. The van der Waals surface area contributed by atoms with Crippen LogP contribution in [0.4, 0.5) is 0 Å². The van der Waals surface area contributed by atoms with Crippen LogP contribution in [0.1, 0.15) is 40.5 Å². The van der Waals surface area contributed by atoms with Crippen LogP contribution in [0.15, 0.2) is 29.2 Å². The highest BCUT2D eigenvalue weighted by molar-refractivity contribution is 6.62. The van der Waals surface area contributed by atoms with Crippen molar-refractivity contribution in [1.82, 2.24) is 4.68 Å². The summed E-state index contributed by atoms with van der Waals surface area (Å²) in [7, 11) is 1.14. The molecule has 0 bridgehead atoms. The second-order valence-electron chi connectivity index (χ2n) is 8.40. The van der Waals surface area contributed by atoms with E-state index in [1.165, 1.54) is 0 Å². The van der Waals surface area contributed by atoms with Crippen molar-refractivity contribution in [2.24, 2.45) is 0 Å². The normalized spacial score (nSPS) is 21.2. The van der Waals surface area contributed by atoms with Gasteiger partial charge in [0.05, 0.1) is 29.9 Å². The van der Waals surface area contributed by atoms with Gasteiger partial charge in [0, 0.05) is 18.5 Å². The topological polar surface area (TPSA) is 52.9 Å². The maximum Gasteiger partial charge on any atom is 0.494 e. The molecule has 0 unspecified atom stereocenters. The molecule has 0 atom stereocenters. The number of ether oxygens (including phenoxy) is 1. The van der Waals surface area contributed by atoms with Gasteiger partial charge in [0.1, 0.15) is 5.75 Å². The standard InChI is InChI=1S/C20H27BN2O4/c1-19(2)20(3,4)27-21(26-19)14-8-9-15-16(12-14)18(24)23(13-17(15)25-5)22-10-6-7-11-22/h8-9,12-13H,6-7,10-11H2,1-5H3. The molecule has 2 fully saturated rings. The minimum absolute atomic E-state index is 0.0360. The molecule has 0 amide bonds. The van der Waals surface area contributed by atoms with Gasteiger partial charge >= 0.3 is 7.12 Å². The molecule has 144 valence electrons. The van der Waals surface area contributed by atoms with Gasteiger partial charge in [-0.1, -0.05) is 12.1 Å². The van der Waals surface area contributed by atoms with Crippen molar-refractivity contribution in [1.29, 1.82) is 0 Å². The van der Waals surface area contributed by atoms with Crippen molar-refractivity contribution in [2.45, 2.75) is 51.7 Å². The number of benzene rings is 1. The molecule has 0 saturated carbocycles. The van der Waals surface area contributed by atoms with E-state index in [1.54, 1.807) is 18.0 Å². The third-order valence-corrected chi connectivity index (χ3v) is 6.12. The maximum atomic E-state index is 13.2. The summed E-state index contributed by atoms with van der Waals surface area (Å²) < 4.78 is 19.6. The van der Waals surface area contributed by atoms with Gasteiger partial charge in [-0.2, -0.15) is 0 Å². The number of rotatable bonds is 3. The zero-order valence-corrected chi connectivity index (χ0v) is 16.7. The van der Waals surface area contributed by atoms with E-state index in [4.69, 9.17) is 14.0 Å². The summed E-state index contributed by atoms with van der Waals surface area (Å²) in [6.07, 6.45) is 3.99. The van der Waals surface area contributed by atoms with Crippen molar-refractivity contribution in [3.8, 4) is 5.75 Å². The van der Waals surface area contributed by atoms with Crippen molar-refractivity contribution in [3.63, 3.8) is 0 Å². The fraction of sp³-hybridized carbons (Fsp3) is 0.550. The van der Waals surface area contributed by atoms with Crippen LogP contribution in [0, 0.1) is 0 Å². The van der Waals surface area contributed by atoms with Crippen LogP contribution in [0.2, 0.25) is 0 Å². The summed E-state index contributed by atoms with van der Waals surface area (Å²) in [4.78, 5) is 13.2. The van der Waals surface area contributed by atoms with Gasteiger partial charge in [0.15, 0.2) is 0 Å². The molecule has 0 aliphatic carbocycles. The lowest BCUT2D eigenvalue weighted by Gasteiger charge is -2.32. The van der Waals surface area contributed by atoms with Crippen LogP contribution < -0.4 is 20.8 Å². The highest BCUT2D eigenvalue weighted by Gasteiger charge is 2.51. The molecule has 0 spiro atoms. The maximum absolute atomic E-state index is 13.2. The van der Waals surface area contributed by atoms with Gasteiger partial charge < -0.3 is 19.1 Å². The molecule has 0 N–H and O–H groups in total. The van der Waals surface area contributed by atoms with Crippen LogP contribution >= 0.6 is 0 Å². The second-order valence-corrected chi connectivity index (χ2v) is 8.40. The predicted octanol–water partition coefficient (Wildman–Crippen LogP) is 2.04. The second kappa shape index (κ2) is 6.28. The molecule has 4 rings (SSSR count). The molecular formula is C20H27BN2O4. The first kappa shape index (κ1) is 18.4. The van der Waals surface area contributed by atoms with Crippen molar-refractivity contribution in [3.05, 3.63) is 34.7 Å². The Bertz CT molecular complexity index is 915. The zero-order chi connectivity index (χ0) is 19.4. The number of hydrogen-bond donors (Lipinski definition) is 0. The smallest absolute Gasteiger partial charge is 0.494 e. The van der Waals surface area contributed by atoms with Crippen molar-refractivity contribution in [2.75, 3.05) is 25.2 Å². The molecule has 2 aliphatic heterocycles. The van der Waals surface area contributed by atoms with E-state index in [-0.39, 0.29) is 5.56 Å². The third-order valence-electron chi connectivity index (χ3n) is 6.12. The lowest BCUT2D eigenvalue weighted by atomic mass is 9.78. The largest absolute Gasteiger partial charge is 0.494 e. The first-order valence-electron chi connectivity index (χ1n) is 9.58.